The Morgan fingerprint density at radius 1 is 1.22 bits per heavy atom. The molecule has 0 saturated heterocycles. The topological polar surface area (TPSA) is 106 Å². The number of carbonyl (C=O) groups excluding carboxylic acids is 1. The monoisotopic (exact) mass is 517 g/mol. The number of rotatable bonds is 12. The van der Waals surface area contributed by atoms with Gasteiger partial charge in [-0.25, -0.2) is 12.8 Å². The molecule has 0 bridgehead atoms. The molecule has 0 fully saturated rings. The molecule has 2 aromatic carbocycles. The van der Waals surface area contributed by atoms with Crippen LogP contribution >= 0.6 is 0 Å². The van der Waals surface area contributed by atoms with Crippen molar-refractivity contribution in [3.05, 3.63) is 71.8 Å². The molecule has 0 atom stereocenters. The quantitative estimate of drug-likeness (QED) is 0.365. The summed E-state index contributed by atoms with van der Waals surface area (Å²) in [5.74, 6) is -0.488. The van der Waals surface area contributed by atoms with Gasteiger partial charge in [0.05, 0.1) is 23.6 Å². The minimum absolute atomic E-state index is 0.162. The molecule has 36 heavy (non-hydrogen) atoms. The van der Waals surface area contributed by atoms with Crippen LogP contribution in [0.3, 0.4) is 0 Å². The molecule has 1 amide bonds. The standard InChI is InChI=1S/C26H32FN3O5S/c1-6-11-29(4)12-13-30(36(5,32)33)21-16-22-20(15-23(21)34-17(2)3)25(26(28)31)24(35-22)14-18-7-9-19(27)10-8-18/h6-10,15-17H,1,11-14H2,2-5H3,(H2,28,31). The summed E-state index contributed by atoms with van der Waals surface area (Å²) < 4.78 is 52.3. The van der Waals surface area contributed by atoms with Crippen LogP contribution in [0.15, 0.2) is 53.5 Å². The number of furan rings is 1. The summed E-state index contributed by atoms with van der Waals surface area (Å²) in [6.45, 7) is 8.55. The van der Waals surface area contributed by atoms with Crippen molar-refractivity contribution in [2.45, 2.75) is 26.4 Å². The molecular weight excluding hydrogens is 485 g/mol. The van der Waals surface area contributed by atoms with Gasteiger partial charge >= 0.3 is 0 Å². The van der Waals surface area contributed by atoms with Gasteiger partial charge in [0.15, 0.2) is 0 Å². The van der Waals surface area contributed by atoms with Crippen LogP contribution in [-0.4, -0.2) is 58.3 Å². The third-order valence-electron chi connectivity index (χ3n) is 5.52. The van der Waals surface area contributed by atoms with Gasteiger partial charge in [0.1, 0.15) is 22.9 Å². The normalized spacial score (nSPS) is 11.9. The molecule has 3 aromatic rings. The first-order chi connectivity index (χ1) is 16.9. The van der Waals surface area contributed by atoms with Crippen molar-refractivity contribution in [3.63, 3.8) is 0 Å². The number of hydrogen-bond acceptors (Lipinski definition) is 6. The highest BCUT2D eigenvalue weighted by Gasteiger charge is 2.27. The van der Waals surface area contributed by atoms with Gasteiger partial charge in [0, 0.05) is 37.5 Å². The van der Waals surface area contributed by atoms with E-state index in [1.54, 1.807) is 30.3 Å². The number of ether oxygens (including phenoxy) is 1. The molecule has 0 unspecified atom stereocenters. The first-order valence-corrected chi connectivity index (χ1v) is 13.3. The number of fused-ring (bicyclic) bond motifs is 1. The minimum atomic E-state index is -3.70. The molecule has 194 valence electrons. The summed E-state index contributed by atoms with van der Waals surface area (Å²) in [4.78, 5) is 14.4. The van der Waals surface area contributed by atoms with Crippen LogP contribution in [0, 0.1) is 5.82 Å². The summed E-state index contributed by atoms with van der Waals surface area (Å²) in [7, 11) is -1.83. The zero-order chi connectivity index (χ0) is 26.6. The summed E-state index contributed by atoms with van der Waals surface area (Å²) in [6.07, 6.45) is 2.79. The van der Waals surface area contributed by atoms with Crippen LogP contribution in [0.5, 0.6) is 5.75 Å². The van der Waals surface area contributed by atoms with Gasteiger partial charge in [0.2, 0.25) is 10.0 Å². The van der Waals surface area contributed by atoms with E-state index >= 15 is 0 Å². The number of primary amides is 1. The Balaban J connectivity index is 2.17. The van der Waals surface area contributed by atoms with Gasteiger partial charge in [-0.3, -0.25) is 9.10 Å². The number of sulfonamides is 1. The summed E-state index contributed by atoms with van der Waals surface area (Å²) in [5, 5.41) is 0.413. The lowest BCUT2D eigenvalue weighted by molar-refractivity contribution is 0.1000. The van der Waals surface area contributed by atoms with E-state index in [0.717, 1.165) is 11.8 Å². The van der Waals surface area contributed by atoms with Gasteiger partial charge in [0.25, 0.3) is 5.91 Å². The first kappa shape index (κ1) is 27.2. The lowest BCUT2D eigenvalue weighted by Gasteiger charge is -2.27. The highest BCUT2D eigenvalue weighted by atomic mass is 32.2. The number of benzene rings is 2. The Bertz CT molecular complexity index is 1350. The molecule has 0 saturated carbocycles. The van der Waals surface area contributed by atoms with Crippen LogP contribution in [-0.2, 0) is 16.4 Å². The predicted molar refractivity (Wildman–Crippen MR) is 140 cm³/mol. The predicted octanol–water partition coefficient (Wildman–Crippen LogP) is 3.93. The Kier molecular flexibility index (Phi) is 8.42. The lowest BCUT2D eigenvalue weighted by atomic mass is 10.0. The van der Waals surface area contributed by atoms with Gasteiger partial charge in [-0.15, -0.1) is 6.58 Å². The average Bonchev–Trinajstić information content (AvgIpc) is 3.11. The highest BCUT2D eigenvalue weighted by Crippen LogP contribution is 2.39. The van der Waals surface area contributed by atoms with Crippen molar-refractivity contribution < 1.29 is 26.8 Å². The fraction of sp³-hybridized carbons (Fsp3) is 0.346. The van der Waals surface area contributed by atoms with E-state index in [-0.39, 0.29) is 36.2 Å². The van der Waals surface area contributed by atoms with E-state index in [9.17, 15) is 17.6 Å². The van der Waals surface area contributed by atoms with Gasteiger partial charge in [-0.1, -0.05) is 18.2 Å². The molecule has 3 rings (SSSR count). The Morgan fingerprint density at radius 3 is 2.44 bits per heavy atom. The van der Waals surface area contributed by atoms with Crippen molar-refractivity contribution in [2.24, 2.45) is 5.73 Å². The lowest BCUT2D eigenvalue weighted by Crippen LogP contribution is -2.37. The van der Waals surface area contributed by atoms with Gasteiger partial charge < -0.3 is 19.8 Å². The smallest absolute Gasteiger partial charge is 0.252 e. The van der Waals surface area contributed by atoms with Crippen molar-refractivity contribution >= 4 is 32.6 Å². The SMILES string of the molecule is C=CCN(C)CCN(c1cc2oc(Cc3ccc(F)cc3)c(C(N)=O)c2cc1OC(C)C)S(C)(=O)=O. The number of anilines is 1. The second kappa shape index (κ2) is 11.1. The van der Waals surface area contributed by atoms with E-state index in [1.165, 1.54) is 16.4 Å². The number of nitrogens with zero attached hydrogens (tertiary/aromatic N) is 2. The fourth-order valence-corrected chi connectivity index (χ4v) is 4.84. The minimum Gasteiger partial charge on any atom is -0.489 e. The number of hydrogen-bond donors (Lipinski definition) is 1. The average molecular weight is 518 g/mol. The Hall–Kier alpha value is -3.37. The molecule has 1 aromatic heterocycles. The van der Waals surface area contributed by atoms with Crippen molar-refractivity contribution in [1.29, 1.82) is 0 Å². The molecule has 0 aliphatic heterocycles. The maximum Gasteiger partial charge on any atom is 0.252 e. The molecule has 0 spiro atoms. The second-order valence-corrected chi connectivity index (χ2v) is 10.8. The first-order valence-electron chi connectivity index (χ1n) is 11.5. The molecule has 8 nitrogen and oxygen atoms in total. The number of amides is 1. The van der Waals surface area contributed by atoms with Crippen LogP contribution in [0.1, 0.15) is 35.5 Å². The number of halogens is 1. The van der Waals surface area contributed by atoms with Crippen molar-refractivity contribution in [3.8, 4) is 5.75 Å². The van der Waals surface area contributed by atoms with Crippen LogP contribution in [0.2, 0.25) is 0 Å². The van der Waals surface area contributed by atoms with E-state index in [0.29, 0.717) is 35.5 Å². The van der Waals surface area contributed by atoms with Gasteiger partial charge in [-0.2, -0.15) is 0 Å². The van der Waals surface area contributed by atoms with E-state index < -0.39 is 15.9 Å². The summed E-state index contributed by atoms with van der Waals surface area (Å²) in [6, 6.07) is 8.98. The highest BCUT2D eigenvalue weighted by molar-refractivity contribution is 7.92. The van der Waals surface area contributed by atoms with Crippen LogP contribution in [0.25, 0.3) is 11.0 Å². The second-order valence-electron chi connectivity index (χ2n) is 8.94. The van der Waals surface area contributed by atoms with Gasteiger partial charge in [-0.05, 0) is 44.7 Å². The van der Waals surface area contributed by atoms with Crippen LogP contribution < -0.4 is 14.8 Å². The third-order valence-corrected chi connectivity index (χ3v) is 6.70. The van der Waals surface area contributed by atoms with Crippen molar-refractivity contribution in [1.82, 2.24) is 4.90 Å². The maximum absolute atomic E-state index is 13.3. The Labute approximate surface area is 211 Å². The summed E-state index contributed by atoms with van der Waals surface area (Å²) in [5.41, 5.74) is 7.19. The molecule has 0 aliphatic carbocycles. The number of nitrogens with two attached hydrogens (primary N) is 1. The molecule has 0 aliphatic rings. The summed E-state index contributed by atoms with van der Waals surface area (Å²) >= 11 is 0. The number of likely N-dealkylation sites (N-methyl/N-ethyl adjacent to an activating group) is 1. The molecule has 2 N–H and O–H groups in total. The van der Waals surface area contributed by atoms with Crippen LogP contribution in [0.4, 0.5) is 10.1 Å². The van der Waals surface area contributed by atoms with E-state index in [2.05, 4.69) is 6.58 Å². The third kappa shape index (κ3) is 6.44. The Morgan fingerprint density at radius 2 is 1.89 bits per heavy atom. The number of carbonyl (C=O) groups is 1. The molecule has 0 radical (unpaired) electrons. The molecule has 1 heterocycles. The fourth-order valence-electron chi connectivity index (χ4n) is 3.93. The van der Waals surface area contributed by atoms with E-state index in [4.69, 9.17) is 14.9 Å². The zero-order valence-electron chi connectivity index (χ0n) is 21.0. The molecule has 10 heteroatoms. The zero-order valence-corrected chi connectivity index (χ0v) is 21.8. The maximum atomic E-state index is 13.3. The van der Waals surface area contributed by atoms with E-state index in [1.807, 2.05) is 25.8 Å². The van der Waals surface area contributed by atoms with Crippen molar-refractivity contribution in [2.75, 3.05) is 37.2 Å². The molecular formula is C26H32FN3O5S. The largest absolute Gasteiger partial charge is 0.489 e.